The molecular weight excluding hydrogens is 224 g/mol. The van der Waals surface area contributed by atoms with Gasteiger partial charge in [-0.1, -0.05) is 20.8 Å². The summed E-state index contributed by atoms with van der Waals surface area (Å²) in [6, 6.07) is 0. The van der Waals surface area contributed by atoms with Gasteiger partial charge in [0.2, 0.25) is 0 Å². The third-order valence-electron chi connectivity index (χ3n) is 5.26. The second-order valence-electron chi connectivity index (χ2n) is 7.20. The number of piperidine rings is 1. The fourth-order valence-electron chi connectivity index (χ4n) is 4.45. The summed E-state index contributed by atoms with van der Waals surface area (Å²) in [5, 5.41) is 0. The first-order valence-electron chi connectivity index (χ1n) is 7.41. The molecule has 3 atom stereocenters. The molecule has 0 bridgehead atoms. The van der Waals surface area contributed by atoms with Gasteiger partial charge in [0.05, 0.1) is 6.10 Å². The number of nitrogens with zero attached hydrogens (tertiary/aromatic N) is 1. The Hall–Kier alpha value is -0.120. The fraction of sp³-hybridized carbons (Fsp3) is 1.00. The molecule has 1 aliphatic heterocycles. The molecule has 1 heterocycles. The molecule has 0 radical (unpaired) electrons. The number of likely N-dealkylation sites (tertiary alicyclic amines) is 1. The summed E-state index contributed by atoms with van der Waals surface area (Å²) < 4.78 is 5.58. The highest BCUT2D eigenvalue weighted by Gasteiger charge is 2.51. The lowest BCUT2D eigenvalue weighted by Gasteiger charge is -2.48. The average molecular weight is 254 g/mol. The van der Waals surface area contributed by atoms with Gasteiger partial charge in [0.15, 0.2) is 0 Å². The van der Waals surface area contributed by atoms with Gasteiger partial charge in [-0.2, -0.15) is 0 Å². The molecule has 0 aromatic carbocycles. The molecule has 2 rings (SSSR count). The molecule has 3 nitrogen and oxygen atoms in total. The zero-order valence-electron chi connectivity index (χ0n) is 12.5. The molecule has 2 N–H and O–H groups in total. The molecule has 1 aliphatic carbocycles. The topological polar surface area (TPSA) is 38.5 Å². The highest BCUT2D eigenvalue weighted by molar-refractivity contribution is 5.07. The van der Waals surface area contributed by atoms with Crippen LogP contribution in [0.15, 0.2) is 0 Å². The van der Waals surface area contributed by atoms with E-state index in [4.69, 9.17) is 10.5 Å². The first-order valence-corrected chi connectivity index (χ1v) is 7.41. The van der Waals surface area contributed by atoms with Gasteiger partial charge < -0.3 is 10.5 Å². The maximum absolute atomic E-state index is 6.22. The standard InChI is InChI=1S/C15H30N2O/c1-12-8-14(2,3)10-15(12,11-16)17-7-5-6-13(9-17)18-4/h12-13H,5-11,16H2,1-4H3. The molecule has 0 aromatic rings. The van der Waals surface area contributed by atoms with Crippen LogP contribution in [0.25, 0.3) is 0 Å². The minimum atomic E-state index is 0.209. The Bertz CT molecular complexity index is 292. The lowest BCUT2D eigenvalue weighted by atomic mass is 9.83. The van der Waals surface area contributed by atoms with E-state index in [1.54, 1.807) is 0 Å². The van der Waals surface area contributed by atoms with Crippen LogP contribution in [0, 0.1) is 11.3 Å². The van der Waals surface area contributed by atoms with Crippen LogP contribution in [0.3, 0.4) is 0 Å². The van der Waals surface area contributed by atoms with Gasteiger partial charge in [-0.15, -0.1) is 0 Å². The summed E-state index contributed by atoms with van der Waals surface area (Å²) in [5.74, 6) is 0.688. The van der Waals surface area contributed by atoms with Crippen molar-refractivity contribution in [2.75, 3.05) is 26.7 Å². The summed E-state index contributed by atoms with van der Waals surface area (Å²) in [6.45, 7) is 10.2. The summed E-state index contributed by atoms with van der Waals surface area (Å²) in [5.41, 5.74) is 6.85. The van der Waals surface area contributed by atoms with Gasteiger partial charge >= 0.3 is 0 Å². The third-order valence-corrected chi connectivity index (χ3v) is 5.26. The number of methoxy groups -OCH3 is 1. The van der Waals surface area contributed by atoms with E-state index >= 15 is 0 Å². The van der Waals surface area contributed by atoms with E-state index < -0.39 is 0 Å². The quantitative estimate of drug-likeness (QED) is 0.839. The van der Waals surface area contributed by atoms with E-state index in [1.807, 2.05) is 7.11 Å². The predicted octanol–water partition coefficient (Wildman–Crippen LogP) is 2.25. The fourth-order valence-corrected chi connectivity index (χ4v) is 4.45. The van der Waals surface area contributed by atoms with E-state index in [1.165, 1.54) is 32.2 Å². The Morgan fingerprint density at radius 3 is 2.61 bits per heavy atom. The second-order valence-corrected chi connectivity index (χ2v) is 7.20. The van der Waals surface area contributed by atoms with E-state index in [0.717, 1.165) is 13.1 Å². The zero-order chi connectivity index (χ0) is 13.4. The number of hydrogen-bond acceptors (Lipinski definition) is 3. The highest BCUT2D eigenvalue weighted by Crippen LogP contribution is 2.50. The number of hydrogen-bond donors (Lipinski definition) is 1. The molecule has 1 saturated carbocycles. The van der Waals surface area contributed by atoms with Gasteiger partial charge in [0, 0.05) is 25.7 Å². The van der Waals surface area contributed by atoms with Gasteiger partial charge in [-0.05, 0) is 43.6 Å². The van der Waals surface area contributed by atoms with E-state index in [0.29, 0.717) is 17.4 Å². The first-order chi connectivity index (χ1) is 8.43. The van der Waals surface area contributed by atoms with Crippen molar-refractivity contribution in [3.8, 4) is 0 Å². The molecule has 0 aromatic heterocycles. The summed E-state index contributed by atoms with van der Waals surface area (Å²) in [4.78, 5) is 2.64. The summed E-state index contributed by atoms with van der Waals surface area (Å²) >= 11 is 0. The highest BCUT2D eigenvalue weighted by atomic mass is 16.5. The number of ether oxygens (including phenoxy) is 1. The molecule has 3 heteroatoms. The molecule has 0 amide bonds. The van der Waals surface area contributed by atoms with Crippen LogP contribution in [0.5, 0.6) is 0 Å². The monoisotopic (exact) mass is 254 g/mol. The van der Waals surface area contributed by atoms with E-state index in [-0.39, 0.29) is 5.54 Å². The van der Waals surface area contributed by atoms with Gasteiger partial charge in [-0.3, -0.25) is 4.90 Å². The maximum atomic E-state index is 6.22. The van der Waals surface area contributed by atoms with Crippen molar-refractivity contribution in [2.45, 2.75) is 58.1 Å². The molecule has 0 spiro atoms. The molecule has 3 unspecified atom stereocenters. The molecule has 2 aliphatic rings. The van der Waals surface area contributed by atoms with Crippen molar-refractivity contribution in [1.82, 2.24) is 4.90 Å². The van der Waals surface area contributed by atoms with Crippen molar-refractivity contribution in [3.05, 3.63) is 0 Å². The first kappa shape index (κ1) is 14.3. The van der Waals surface area contributed by atoms with Gasteiger partial charge in [-0.25, -0.2) is 0 Å². The Kier molecular flexibility index (Phi) is 4.05. The lowest BCUT2D eigenvalue weighted by Crippen LogP contribution is -2.59. The summed E-state index contributed by atoms with van der Waals surface area (Å²) in [7, 11) is 1.84. The Morgan fingerprint density at radius 1 is 1.39 bits per heavy atom. The van der Waals surface area contributed by atoms with Crippen molar-refractivity contribution in [2.24, 2.45) is 17.1 Å². The Labute approximate surface area is 112 Å². The van der Waals surface area contributed by atoms with Gasteiger partial charge in [0.25, 0.3) is 0 Å². The van der Waals surface area contributed by atoms with Crippen LogP contribution in [0.2, 0.25) is 0 Å². The molecule has 1 saturated heterocycles. The van der Waals surface area contributed by atoms with Crippen LogP contribution >= 0.6 is 0 Å². The zero-order valence-corrected chi connectivity index (χ0v) is 12.5. The van der Waals surface area contributed by atoms with Crippen LogP contribution in [-0.4, -0.2) is 43.3 Å². The van der Waals surface area contributed by atoms with Crippen LogP contribution in [-0.2, 0) is 4.74 Å². The minimum absolute atomic E-state index is 0.209. The van der Waals surface area contributed by atoms with Crippen molar-refractivity contribution in [1.29, 1.82) is 0 Å². The van der Waals surface area contributed by atoms with Crippen molar-refractivity contribution in [3.63, 3.8) is 0 Å². The molecule has 106 valence electrons. The minimum Gasteiger partial charge on any atom is -0.380 e. The predicted molar refractivity (Wildman–Crippen MR) is 75.6 cm³/mol. The SMILES string of the molecule is COC1CCCN(C2(CN)CC(C)(C)CC2C)C1. The van der Waals surface area contributed by atoms with E-state index in [9.17, 15) is 0 Å². The maximum Gasteiger partial charge on any atom is 0.0698 e. The number of rotatable bonds is 3. The summed E-state index contributed by atoms with van der Waals surface area (Å²) in [6.07, 6.45) is 5.36. The Balaban J connectivity index is 2.17. The molecular formula is C15H30N2O. The average Bonchev–Trinajstić information content (AvgIpc) is 2.59. The normalized spacial score (nSPS) is 41.2. The molecule has 18 heavy (non-hydrogen) atoms. The Morgan fingerprint density at radius 2 is 2.11 bits per heavy atom. The lowest BCUT2D eigenvalue weighted by molar-refractivity contribution is -0.0307. The van der Waals surface area contributed by atoms with E-state index in [2.05, 4.69) is 25.7 Å². The molecule has 2 fully saturated rings. The third kappa shape index (κ3) is 2.45. The van der Waals surface area contributed by atoms with Gasteiger partial charge in [0.1, 0.15) is 0 Å². The number of nitrogens with two attached hydrogens (primary N) is 1. The van der Waals surface area contributed by atoms with Crippen LogP contribution < -0.4 is 5.73 Å². The second kappa shape index (κ2) is 5.10. The largest absolute Gasteiger partial charge is 0.380 e. The van der Waals surface area contributed by atoms with Crippen LogP contribution in [0.4, 0.5) is 0 Å². The van der Waals surface area contributed by atoms with Crippen molar-refractivity contribution >= 4 is 0 Å². The van der Waals surface area contributed by atoms with Crippen molar-refractivity contribution < 1.29 is 4.74 Å². The van der Waals surface area contributed by atoms with Crippen LogP contribution in [0.1, 0.15) is 46.5 Å². The smallest absolute Gasteiger partial charge is 0.0698 e.